The molecule has 7 nitrogen and oxygen atoms in total. The van der Waals surface area contributed by atoms with Crippen LogP contribution in [0.3, 0.4) is 0 Å². The second-order valence-electron chi connectivity index (χ2n) is 5.44. The van der Waals surface area contributed by atoms with Gasteiger partial charge in [-0.05, 0) is 25.1 Å². The Balaban J connectivity index is 1.55. The van der Waals surface area contributed by atoms with E-state index in [2.05, 4.69) is 25.7 Å². The predicted molar refractivity (Wildman–Crippen MR) is 96.1 cm³/mol. The molecule has 0 saturated heterocycles. The lowest BCUT2D eigenvalue weighted by Gasteiger charge is -2.09. The van der Waals surface area contributed by atoms with Gasteiger partial charge in [0, 0.05) is 25.4 Å². The van der Waals surface area contributed by atoms with E-state index in [1.54, 1.807) is 16.9 Å². The van der Waals surface area contributed by atoms with Gasteiger partial charge in [0.2, 0.25) is 0 Å². The second kappa shape index (κ2) is 7.92. The van der Waals surface area contributed by atoms with Gasteiger partial charge in [-0.1, -0.05) is 17.7 Å². The van der Waals surface area contributed by atoms with Gasteiger partial charge < -0.3 is 10.6 Å². The van der Waals surface area contributed by atoms with Crippen LogP contribution in [0.25, 0.3) is 5.82 Å². The molecule has 3 aromatic rings. The molecule has 134 valence electrons. The maximum absolute atomic E-state index is 13.7. The number of benzene rings is 1. The van der Waals surface area contributed by atoms with Crippen LogP contribution < -0.4 is 10.6 Å². The predicted octanol–water partition coefficient (Wildman–Crippen LogP) is 2.61. The first-order valence-electron chi connectivity index (χ1n) is 7.85. The van der Waals surface area contributed by atoms with E-state index in [9.17, 15) is 9.18 Å². The van der Waals surface area contributed by atoms with Crippen molar-refractivity contribution in [1.29, 1.82) is 0 Å². The fraction of sp³-hybridized carbons (Fsp3) is 0.176. The molecule has 0 spiro atoms. The summed E-state index contributed by atoms with van der Waals surface area (Å²) in [6.07, 6.45) is 3.23. The van der Waals surface area contributed by atoms with Crippen LogP contribution in [0.1, 0.15) is 16.1 Å². The standard InChI is InChI=1S/C17H16ClFN6O/c1-11-5-8-25(24-11)15-9-14(22-10-23-15)20-6-7-21-17(26)16-12(18)3-2-4-13(16)19/h2-5,8-10H,6-7H2,1H3,(H,21,26)(H,20,22,23). The van der Waals surface area contributed by atoms with Crippen LogP contribution in [-0.2, 0) is 0 Å². The molecule has 0 fully saturated rings. The summed E-state index contributed by atoms with van der Waals surface area (Å²) in [7, 11) is 0. The normalized spacial score (nSPS) is 10.6. The van der Waals surface area contributed by atoms with Crippen LogP contribution in [-0.4, -0.2) is 38.7 Å². The minimum atomic E-state index is -0.655. The van der Waals surface area contributed by atoms with Crippen molar-refractivity contribution >= 4 is 23.3 Å². The molecule has 1 amide bonds. The zero-order chi connectivity index (χ0) is 18.5. The van der Waals surface area contributed by atoms with E-state index in [-0.39, 0.29) is 17.1 Å². The van der Waals surface area contributed by atoms with Gasteiger partial charge in [0.25, 0.3) is 5.91 Å². The number of carbonyl (C=O) groups excluding carboxylic acids is 1. The lowest BCUT2D eigenvalue weighted by Crippen LogP contribution is -2.29. The Morgan fingerprint density at radius 3 is 2.85 bits per heavy atom. The topological polar surface area (TPSA) is 84.7 Å². The van der Waals surface area contributed by atoms with E-state index < -0.39 is 11.7 Å². The number of halogens is 2. The fourth-order valence-corrected chi connectivity index (χ4v) is 2.53. The van der Waals surface area contributed by atoms with E-state index in [0.717, 1.165) is 5.69 Å². The highest BCUT2D eigenvalue weighted by Gasteiger charge is 2.14. The largest absolute Gasteiger partial charge is 0.368 e. The minimum Gasteiger partial charge on any atom is -0.368 e. The number of nitrogens with one attached hydrogen (secondary N) is 2. The number of amides is 1. The third-order valence-electron chi connectivity index (χ3n) is 3.52. The third-order valence-corrected chi connectivity index (χ3v) is 3.83. The number of aromatic nitrogens is 4. The average molecular weight is 375 g/mol. The van der Waals surface area contributed by atoms with Crippen LogP contribution in [0.4, 0.5) is 10.2 Å². The van der Waals surface area contributed by atoms with Gasteiger partial charge in [0.1, 0.15) is 18.0 Å². The van der Waals surface area contributed by atoms with Crippen LogP contribution in [0.5, 0.6) is 0 Å². The first-order valence-corrected chi connectivity index (χ1v) is 8.23. The van der Waals surface area contributed by atoms with Crippen LogP contribution in [0.2, 0.25) is 5.02 Å². The monoisotopic (exact) mass is 374 g/mol. The summed E-state index contributed by atoms with van der Waals surface area (Å²) in [5.41, 5.74) is 0.722. The van der Waals surface area contributed by atoms with Gasteiger partial charge >= 0.3 is 0 Å². The van der Waals surface area contributed by atoms with Crippen LogP contribution in [0.15, 0.2) is 42.9 Å². The van der Waals surface area contributed by atoms with Crippen molar-refractivity contribution in [2.75, 3.05) is 18.4 Å². The quantitative estimate of drug-likeness (QED) is 0.648. The second-order valence-corrected chi connectivity index (χ2v) is 5.85. The van der Waals surface area contributed by atoms with Gasteiger partial charge in [-0.25, -0.2) is 19.0 Å². The molecule has 2 heterocycles. The summed E-state index contributed by atoms with van der Waals surface area (Å²) in [4.78, 5) is 20.3. The smallest absolute Gasteiger partial charge is 0.255 e. The molecule has 0 bridgehead atoms. The molecule has 0 aliphatic carbocycles. The van der Waals surface area contributed by atoms with Crippen molar-refractivity contribution in [1.82, 2.24) is 25.1 Å². The zero-order valence-corrected chi connectivity index (χ0v) is 14.7. The Kier molecular flexibility index (Phi) is 5.43. The number of hydrogen-bond acceptors (Lipinski definition) is 5. The molecule has 2 N–H and O–H groups in total. The molecule has 2 aromatic heterocycles. The molecule has 9 heteroatoms. The number of aryl methyl sites for hydroxylation is 1. The Morgan fingerprint density at radius 2 is 2.12 bits per heavy atom. The van der Waals surface area contributed by atoms with Crippen LogP contribution >= 0.6 is 11.6 Å². The minimum absolute atomic E-state index is 0.0745. The van der Waals surface area contributed by atoms with Crippen molar-refractivity contribution in [3.63, 3.8) is 0 Å². The first kappa shape index (κ1) is 17.8. The third kappa shape index (κ3) is 4.15. The van der Waals surface area contributed by atoms with Crippen LogP contribution in [0, 0.1) is 12.7 Å². The number of hydrogen-bond donors (Lipinski definition) is 2. The Morgan fingerprint density at radius 1 is 1.27 bits per heavy atom. The molecule has 0 aliphatic rings. The molecular formula is C17H16ClFN6O. The molecule has 0 saturated carbocycles. The summed E-state index contributed by atoms with van der Waals surface area (Å²) < 4.78 is 15.3. The highest BCUT2D eigenvalue weighted by atomic mass is 35.5. The van der Waals surface area contributed by atoms with E-state index in [1.807, 2.05) is 13.0 Å². The van der Waals surface area contributed by atoms with Crippen molar-refractivity contribution < 1.29 is 9.18 Å². The highest BCUT2D eigenvalue weighted by molar-refractivity contribution is 6.33. The number of anilines is 1. The van der Waals surface area contributed by atoms with Gasteiger partial charge in [-0.2, -0.15) is 5.10 Å². The molecule has 0 radical (unpaired) electrons. The highest BCUT2D eigenvalue weighted by Crippen LogP contribution is 2.18. The summed E-state index contributed by atoms with van der Waals surface area (Å²) in [5.74, 6) is -0.0117. The summed E-state index contributed by atoms with van der Waals surface area (Å²) in [6.45, 7) is 2.55. The number of carbonyl (C=O) groups is 1. The van der Waals surface area contributed by atoms with E-state index in [0.29, 0.717) is 18.2 Å². The summed E-state index contributed by atoms with van der Waals surface area (Å²) in [6, 6.07) is 7.72. The maximum atomic E-state index is 13.7. The first-order chi connectivity index (χ1) is 12.5. The lowest BCUT2D eigenvalue weighted by atomic mass is 10.2. The van der Waals surface area contributed by atoms with Crippen molar-refractivity contribution in [2.45, 2.75) is 6.92 Å². The molecule has 0 aliphatic heterocycles. The average Bonchev–Trinajstić information content (AvgIpc) is 3.05. The Labute approximate surface area is 154 Å². The number of nitrogens with zero attached hydrogens (tertiary/aromatic N) is 4. The lowest BCUT2D eigenvalue weighted by molar-refractivity contribution is 0.0951. The fourth-order valence-electron chi connectivity index (χ4n) is 2.28. The van der Waals surface area contributed by atoms with E-state index in [1.165, 1.54) is 24.5 Å². The molecule has 0 atom stereocenters. The molecule has 26 heavy (non-hydrogen) atoms. The van der Waals surface area contributed by atoms with E-state index >= 15 is 0 Å². The van der Waals surface area contributed by atoms with Gasteiger partial charge in [0.05, 0.1) is 16.3 Å². The zero-order valence-electron chi connectivity index (χ0n) is 13.9. The Bertz CT molecular complexity index is 909. The molecular weight excluding hydrogens is 359 g/mol. The molecule has 1 aromatic carbocycles. The number of rotatable bonds is 6. The molecule has 0 unspecified atom stereocenters. The van der Waals surface area contributed by atoms with Crippen molar-refractivity contribution in [3.05, 3.63) is 65.0 Å². The van der Waals surface area contributed by atoms with Gasteiger partial charge in [-0.3, -0.25) is 4.79 Å². The van der Waals surface area contributed by atoms with Crippen molar-refractivity contribution in [2.24, 2.45) is 0 Å². The summed E-state index contributed by atoms with van der Waals surface area (Å²) >= 11 is 5.87. The van der Waals surface area contributed by atoms with Gasteiger partial charge in [0.15, 0.2) is 5.82 Å². The maximum Gasteiger partial charge on any atom is 0.255 e. The van der Waals surface area contributed by atoms with Crippen molar-refractivity contribution in [3.8, 4) is 5.82 Å². The van der Waals surface area contributed by atoms with Gasteiger partial charge in [-0.15, -0.1) is 0 Å². The summed E-state index contributed by atoms with van der Waals surface area (Å²) in [5, 5.41) is 10.0. The Hall–Kier alpha value is -3.00. The SMILES string of the molecule is Cc1ccn(-c2cc(NCCNC(=O)c3c(F)cccc3Cl)ncn2)n1. The molecule has 3 rings (SSSR count). The van der Waals surface area contributed by atoms with E-state index in [4.69, 9.17) is 11.6 Å².